The van der Waals surface area contributed by atoms with Crippen LogP contribution in [0.3, 0.4) is 0 Å². The zero-order valence-corrected chi connectivity index (χ0v) is 6.01. The maximum Gasteiger partial charge on any atom is 0.0661 e. The molecule has 0 unspecified atom stereocenters. The first-order chi connectivity index (χ1) is 5.43. The predicted octanol–water partition coefficient (Wildman–Crippen LogP) is 2.16. The Labute approximate surface area is 65.5 Å². The van der Waals surface area contributed by atoms with Gasteiger partial charge in [-0.1, -0.05) is 41.6 Å². The smallest absolute Gasteiger partial charge is 0.0661 e. The van der Waals surface area contributed by atoms with E-state index >= 15 is 0 Å². The van der Waals surface area contributed by atoms with Gasteiger partial charge in [-0.25, -0.2) is 0 Å². The van der Waals surface area contributed by atoms with Crippen molar-refractivity contribution in [2.24, 2.45) is 5.16 Å². The number of hydrogen-bond donors (Lipinski definition) is 1. The molecule has 0 aliphatic carbocycles. The van der Waals surface area contributed by atoms with Crippen molar-refractivity contribution in [3.8, 4) is 0 Å². The maximum absolute atomic E-state index is 8.06. The zero-order valence-electron chi connectivity index (χ0n) is 6.01. The molecule has 0 bridgehead atoms. The third-order valence-electron chi connectivity index (χ3n) is 1.24. The Hall–Kier alpha value is -1.57. The van der Waals surface area contributed by atoms with Gasteiger partial charge in [0.1, 0.15) is 0 Å². The van der Waals surface area contributed by atoms with Gasteiger partial charge in [0.15, 0.2) is 0 Å². The molecule has 56 valence electrons. The van der Waals surface area contributed by atoms with Gasteiger partial charge in [0.25, 0.3) is 0 Å². The Morgan fingerprint density at radius 1 is 1.18 bits per heavy atom. The lowest BCUT2D eigenvalue weighted by Gasteiger charge is -1.87. The first kappa shape index (κ1) is 7.54. The van der Waals surface area contributed by atoms with Crippen molar-refractivity contribution >= 4 is 12.3 Å². The Bertz CT molecular complexity index is 252. The second-order valence-electron chi connectivity index (χ2n) is 2.03. The maximum atomic E-state index is 8.06. The van der Waals surface area contributed by atoms with Crippen LogP contribution in [-0.2, 0) is 0 Å². The van der Waals surface area contributed by atoms with Crippen LogP contribution in [0.4, 0.5) is 0 Å². The summed E-state index contributed by atoms with van der Waals surface area (Å²) in [5.74, 6) is 0. The summed E-state index contributed by atoms with van der Waals surface area (Å²) in [6.07, 6.45) is 4.86. The minimum absolute atomic E-state index is 1.09. The van der Waals surface area contributed by atoms with E-state index in [0.29, 0.717) is 0 Å². The van der Waals surface area contributed by atoms with Crippen LogP contribution in [-0.4, -0.2) is 11.4 Å². The minimum Gasteiger partial charge on any atom is -0.411 e. The molecule has 0 aliphatic rings. The highest BCUT2D eigenvalue weighted by atomic mass is 16.4. The monoisotopic (exact) mass is 147 g/mol. The van der Waals surface area contributed by atoms with Crippen LogP contribution in [0.25, 0.3) is 6.08 Å². The molecular formula is C9H9NO. The van der Waals surface area contributed by atoms with Gasteiger partial charge in [0.05, 0.1) is 6.21 Å². The molecule has 0 atom stereocenters. The van der Waals surface area contributed by atoms with Crippen LogP contribution in [0, 0.1) is 0 Å². The Kier molecular flexibility index (Phi) is 2.93. The van der Waals surface area contributed by atoms with E-state index in [2.05, 4.69) is 5.16 Å². The van der Waals surface area contributed by atoms with Crippen molar-refractivity contribution in [2.75, 3.05) is 0 Å². The largest absolute Gasteiger partial charge is 0.411 e. The van der Waals surface area contributed by atoms with Gasteiger partial charge in [0, 0.05) is 0 Å². The lowest BCUT2D eigenvalue weighted by molar-refractivity contribution is 0.322. The number of oxime groups is 1. The molecule has 0 fully saturated rings. The van der Waals surface area contributed by atoms with E-state index in [1.54, 1.807) is 6.08 Å². The SMILES string of the molecule is O/N=C\C=Cc1ccccc1. The van der Waals surface area contributed by atoms with E-state index in [1.807, 2.05) is 36.4 Å². The van der Waals surface area contributed by atoms with Crippen molar-refractivity contribution in [1.29, 1.82) is 0 Å². The summed E-state index contributed by atoms with van der Waals surface area (Å²) in [6.45, 7) is 0. The number of hydrogen-bond acceptors (Lipinski definition) is 2. The van der Waals surface area contributed by atoms with Crippen molar-refractivity contribution in [2.45, 2.75) is 0 Å². The van der Waals surface area contributed by atoms with E-state index < -0.39 is 0 Å². The van der Waals surface area contributed by atoms with Gasteiger partial charge >= 0.3 is 0 Å². The summed E-state index contributed by atoms with van der Waals surface area (Å²) in [4.78, 5) is 0. The van der Waals surface area contributed by atoms with Crippen molar-refractivity contribution in [1.82, 2.24) is 0 Å². The molecule has 0 saturated heterocycles. The fourth-order valence-electron chi connectivity index (χ4n) is 0.757. The van der Waals surface area contributed by atoms with Crippen molar-refractivity contribution in [3.05, 3.63) is 42.0 Å². The molecule has 0 aliphatic heterocycles. The molecule has 0 aromatic heterocycles. The lowest BCUT2D eigenvalue weighted by atomic mass is 10.2. The van der Waals surface area contributed by atoms with Crippen LogP contribution >= 0.6 is 0 Å². The standard InChI is InChI=1S/C9H9NO/c11-10-8-4-7-9-5-2-1-3-6-9/h1-8,11H/b7-4?,10-8-. The van der Waals surface area contributed by atoms with Gasteiger partial charge in [-0.05, 0) is 11.6 Å². The second-order valence-corrected chi connectivity index (χ2v) is 2.03. The summed E-state index contributed by atoms with van der Waals surface area (Å²) in [5, 5.41) is 10.9. The van der Waals surface area contributed by atoms with Crippen LogP contribution in [0.5, 0.6) is 0 Å². The quantitative estimate of drug-likeness (QED) is 0.388. The molecule has 0 spiro atoms. The highest BCUT2D eigenvalue weighted by Crippen LogP contribution is 1.99. The second kappa shape index (κ2) is 4.28. The van der Waals surface area contributed by atoms with Gasteiger partial charge in [-0.2, -0.15) is 0 Å². The molecule has 1 N–H and O–H groups in total. The summed E-state index contributed by atoms with van der Waals surface area (Å²) in [7, 11) is 0. The fourth-order valence-corrected chi connectivity index (χ4v) is 0.757. The summed E-state index contributed by atoms with van der Waals surface area (Å²) in [5.41, 5.74) is 1.09. The first-order valence-corrected chi connectivity index (χ1v) is 3.32. The van der Waals surface area contributed by atoms with E-state index in [0.717, 1.165) is 5.56 Å². The molecule has 1 rings (SSSR count). The average Bonchev–Trinajstić information content (AvgIpc) is 2.07. The number of benzene rings is 1. The topological polar surface area (TPSA) is 32.6 Å². The van der Waals surface area contributed by atoms with Crippen LogP contribution in [0.2, 0.25) is 0 Å². The average molecular weight is 147 g/mol. The van der Waals surface area contributed by atoms with Crippen molar-refractivity contribution < 1.29 is 5.21 Å². The van der Waals surface area contributed by atoms with Crippen LogP contribution < -0.4 is 0 Å². The van der Waals surface area contributed by atoms with Gasteiger partial charge < -0.3 is 5.21 Å². The molecule has 2 heteroatoms. The molecule has 0 saturated carbocycles. The third-order valence-corrected chi connectivity index (χ3v) is 1.24. The summed E-state index contributed by atoms with van der Waals surface area (Å²) in [6, 6.07) is 9.81. The number of nitrogens with zero attached hydrogens (tertiary/aromatic N) is 1. The normalized spacial score (nSPS) is 11.3. The zero-order chi connectivity index (χ0) is 7.94. The fraction of sp³-hybridized carbons (Fsp3) is 0. The Morgan fingerprint density at radius 2 is 1.91 bits per heavy atom. The van der Waals surface area contributed by atoms with Gasteiger partial charge in [-0.3, -0.25) is 0 Å². The van der Waals surface area contributed by atoms with Gasteiger partial charge in [0.2, 0.25) is 0 Å². The molecule has 1 aromatic rings. The lowest BCUT2D eigenvalue weighted by Crippen LogP contribution is -1.68. The number of rotatable bonds is 2. The van der Waals surface area contributed by atoms with Gasteiger partial charge in [-0.15, -0.1) is 0 Å². The molecule has 2 nitrogen and oxygen atoms in total. The first-order valence-electron chi connectivity index (χ1n) is 3.32. The molecule has 0 amide bonds. The van der Waals surface area contributed by atoms with Crippen molar-refractivity contribution in [3.63, 3.8) is 0 Å². The molecule has 0 heterocycles. The summed E-state index contributed by atoms with van der Waals surface area (Å²) >= 11 is 0. The molecule has 1 aromatic carbocycles. The Morgan fingerprint density at radius 3 is 2.55 bits per heavy atom. The predicted molar refractivity (Wildman–Crippen MR) is 45.8 cm³/mol. The van der Waals surface area contributed by atoms with E-state index in [4.69, 9.17) is 5.21 Å². The third kappa shape index (κ3) is 2.67. The van der Waals surface area contributed by atoms with E-state index in [-0.39, 0.29) is 0 Å². The highest BCUT2D eigenvalue weighted by Gasteiger charge is 1.79. The highest BCUT2D eigenvalue weighted by molar-refractivity contribution is 5.77. The minimum atomic E-state index is 1.09. The van der Waals surface area contributed by atoms with E-state index in [9.17, 15) is 0 Å². The van der Waals surface area contributed by atoms with Crippen LogP contribution in [0.1, 0.15) is 5.56 Å². The molecule has 11 heavy (non-hydrogen) atoms. The molecule has 0 radical (unpaired) electrons. The summed E-state index contributed by atoms with van der Waals surface area (Å²) < 4.78 is 0. The Balaban J connectivity index is 2.64. The number of allylic oxidation sites excluding steroid dienone is 1. The molecular weight excluding hydrogens is 138 g/mol. The van der Waals surface area contributed by atoms with E-state index in [1.165, 1.54) is 6.21 Å². The van der Waals surface area contributed by atoms with Crippen LogP contribution in [0.15, 0.2) is 41.6 Å².